The predicted molar refractivity (Wildman–Crippen MR) is 122 cm³/mol. The van der Waals surface area contributed by atoms with Crippen LogP contribution in [0.5, 0.6) is 0 Å². The van der Waals surface area contributed by atoms with E-state index in [0.29, 0.717) is 24.6 Å². The van der Waals surface area contributed by atoms with E-state index in [-0.39, 0.29) is 29.8 Å². The molecule has 0 bridgehead atoms. The van der Waals surface area contributed by atoms with Gasteiger partial charge in [-0.25, -0.2) is 4.39 Å². The number of aliphatic hydroxyl groups is 1. The summed E-state index contributed by atoms with van der Waals surface area (Å²) in [4.78, 5) is 5.06. The molecular formula is C20H23FIN3OS. The third-order valence-corrected chi connectivity index (χ3v) is 5.37. The van der Waals surface area contributed by atoms with Crippen LogP contribution in [0.2, 0.25) is 0 Å². The number of nitrogens with zero attached hydrogens (tertiary/aromatic N) is 1. The molecule has 0 saturated heterocycles. The van der Waals surface area contributed by atoms with Crippen molar-refractivity contribution in [3.63, 3.8) is 0 Å². The molecule has 1 unspecified atom stereocenters. The van der Waals surface area contributed by atoms with Gasteiger partial charge in [0.2, 0.25) is 0 Å². The quantitative estimate of drug-likeness (QED) is 0.278. The number of aryl methyl sites for hydroxylation is 1. The summed E-state index contributed by atoms with van der Waals surface area (Å²) in [6.45, 7) is 2.53. The fourth-order valence-electron chi connectivity index (χ4n) is 2.61. The minimum atomic E-state index is -0.622. The molecule has 1 atom stereocenters. The smallest absolute Gasteiger partial charge is 0.191 e. The van der Waals surface area contributed by atoms with Crippen molar-refractivity contribution in [3.8, 4) is 0 Å². The molecule has 3 N–H and O–H groups in total. The van der Waals surface area contributed by atoms with Gasteiger partial charge in [-0.1, -0.05) is 30.3 Å². The minimum absolute atomic E-state index is 0. The third-order valence-electron chi connectivity index (χ3n) is 4.16. The molecule has 0 aliphatic heterocycles. The van der Waals surface area contributed by atoms with Crippen molar-refractivity contribution >= 4 is 51.4 Å². The van der Waals surface area contributed by atoms with Gasteiger partial charge in [-0.2, -0.15) is 0 Å². The van der Waals surface area contributed by atoms with Crippen LogP contribution in [-0.2, 0) is 6.54 Å². The van der Waals surface area contributed by atoms with Gasteiger partial charge in [0.15, 0.2) is 5.96 Å². The molecule has 27 heavy (non-hydrogen) atoms. The van der Waals surface area contributed by atoms with Gasteiger partial charge in [0.1, 0.15) is 11.9 Å². The van der Waals surface area contributed by atoms with Gasteiger partial charge in [0.25, 0.3) is 0 Å². The van der Waals surface area contributed by atoms with Crippen LogP contribution in [0, 0.1) is 12.7 Å². The van der Waals surface area contributed by atoms with Gasteiger partial charge < -0.3 is 15.7 Å². The minimum Gasteiger partial charge on any atom is -0.386 e. The van der Waals surface area contributed by atoms with Crippen molar-refractivity contribution in [2.45, 2.75) is 19.6 Å². The van der Waals surface area contributed by atoms with Crippen molar-refractivity contribution < 1.29 is 9.50 Å². The number of fused-ring (bicyclic) bond motifs is 1. The van der Waals surface area contributed by atoms with Crippen LogP contribution in [0.15, 0.2) is 53.5 Å². The first-order valence-electron chi connectivity index (χ1n) is 8.43. The predicted octanol–water partition coefficient (Wildman–Crippen LogP) is 4.37. The molecule has 0 amide bonds. The van der Waals surface area contributed by atoms with Crippen molar-refractivity contribution in [2.24, 2.45) is 4.99 Å². The molecule has 0 aliphatic rings. The lowest BCUT2D eigenvalue weighted by atomic mass is 10.1. The standard InChI is InChI=1S/C20H22FN3OS.HI/c1-13-7-8-14(9-16(13)21)11-23-20(22-2)24-12-17(25)19-10-15-5-3-4-6-18(15)26-19;/h3-10,17,25H,11-12H2,1-2H3,(H2,22,23,24);1H. The summed E-state index contributed by atoms with van der Waals surface area (Å²) in [5.41, 5.74) is 1.46. The van der Waals surface area contributed by atoms with Gasteiger partial charge in [-0.05, 0) is 41.6 Å². The largest absolute Gasteiger partial charge is 0.386 e. The number of rotatable bonds is 5. The first kappa shape index (κ1) is 21.6. The molecule has 144 valence electrons. The Bertz CT molecular complexity index is 895. The van der Waals surface area contributed by atoms with E-state index in [1.807, 2.05) is 36.4 Å². The molecule has 0 spiro atoms. The Labute approximate surface area is 179 Å². The molecular weight excluding hydrogens is 476 g/mol. The topological polar surface area (TPSA) is 56.7 Å². The van der Waals surface area contributed by atoms with Crippen LogP contribution in [0.25, 0.3) is 10.1 Å². The summed E-state index contributed by atoms with van der Waals surface area (Å²) in [6.07, 6.45) is -0.622. The summed E-state index contributed by atoms with van der Waals surface area (Å²) < 4.78 is 14.8. The lowest BCUT2D eigenvalue weighted by Crippen LogP contribution is -2.38. The second-order valence-electron chi connectivity index (χ2n) is 6.09. The number of halogens is 2. The van der Waals surface area contributed by atoms with E-state index in [4.69, 9.17) is 0 Å². The molecule has 3 aromatic rings. The SMILES string of the molecule is CN=C(NCc1ccc(C)c(F)c1)NCC(O)c1cc2ccccc2s1.I. The monoisotopic (exact) mass is 499 g/mol. The van der Waals surface area contributed by atoms with E-state index in [9.17, 15) is 9.50 Å². The normalized spacial score (nSPS) is 12.5. The zero-order valence-corrected chi connectivity index (χ0v) is 18.3. The molecule has 1 aromatic heterocycles. The fourth-order valence-corrected chi connectivity index (χ4v) is 3.66. The van der Waals surface area contributed by atoms with Crippen LogP contribution in [-0.4, -0.2) is 24.7 Å². The molecule has 2 aromatic carbocycles. The Hall–Kier alpha value is -1.71. The van der Waals surface area contributed by atoms with Crippen LogP contribution in [0.4, 0.5) is 4.39 Å². The molecule has 4 nitrogen and oxygen atoms in total. The first-order chi connectivity index (χ1) is 12.6. The van der Waals surface area contributed by atoms with E-state index in [0.717, 1.165) is 20.5 Å². The van der Waals surface area contributed by atoms with Crippen LogP contribution in [0.1, 0.15) is 22.1 Å². The van der Waals surface area contributed by atoms with Gasteiger partial charge in [0, 0.05) is 29.7 Å². The Balaban J connectivity index is 0.00000261. The van der Waals surface area contributed by atoms with E-state index in [1.165, 1.54) is 6.07 Å². The number of aliphatic imine (C=N–C) groups is 1. The lowest BCUT2D eigenvalue weighted by molar-refractivity contribution is 0.184. The van der Waals surface area contributed by atoms with Crippen molar-refractivity contribution in [1.82, 2.24) is 10.6 Å². The van der Waals surface area contributed by atoms with Gasteiger partial charge in [-0.3, -0.25) is 4.99 Å². The third kappa shape index (κ3) is 5.63. The molecule has 7 heteroatoms. The highest BCUT2D eigenvalue weighted by Gasteiger charge is 2.12. The van der Waals surface area contributed by atoms with Crippen LogP contribution < -0.4 is 10.6 Å². The highest BCUT2D eigenvalue weighted by Crippen LogP contribution is 2.29. The Morgan fingerprint density at radius 1 is 1.19 bits per heavy atom. The zero-order valence-electron chi connectivity index (χ0n) is 15.2. The number of guanidine groups is 1. The lowest BCUT2D eigenvalue weighted by Gasteiger charge is -2.15. The average molecular weight is 499 g/mol. The number of thiophene rings is 1. The second kappa shape index (κ2) is 10.0. The van der Waals surface area contributed by atoms with Crippen molar-refractivity contribution in [3.05, 3.63) is 70.4 Å². The maximum Gasteiger partial charge on any atom is 0.191 e. The van der Waals surface area contributed by atoms with Crippen LogP contribution in [0.3, 0.4) is 0 Å². The van der Waals surface area contributed by atoms with Gasteiger partial charge >= 0.3 is 0 Å². The molecule has 0 aliphatic carbocycles. The Kier molecular flexibility index (Phi) is 8.00. The number of hydrogen-bond donors (Lipinski definition) is 3. The molecule has 3 rings (SSSR count). The van der Waals surface area contributed by atoms with E-state index >= 15 is 0 Å². The van der Waals surface area contributed by atoms with Gasteiger partial charge in [0.05, 0.1) is 0 Å². The molecule has 0 radical (unpaired) electrons. The fraction of sp³-hybridized carbons (Fsp3) is 0.250. The Morgan fingerprint density at radius 3 is 2.67 bits per heavy atom. The highest BCUT2D eigenvalue weighted by atomic mass is 127. The van der Waals surface area contributed by atoms with Gasteiger partial charge in [-0.15, -0.1) is 35.3 Å². The Morgan fingerprint density at radius 2 is 1.96 bits per heavy atom. The molecule has 1 heterocycles. The molecule has 0 fully saturated rings. The maximum atomic E-state index is 13.6. The van der Waals surface area contributed by atoms with E-state index < -0.39 is 6.10 Å². The first-order valence-corrected chi connectivity index (χ1v) is 9.24. The zero-order chi connectivity index (χ0) is 18.5. The number of benzene rings is 2. The summed E-state index contributed by atoms with van der Waals surface area (Å²) in [5.74, 6) is 0.346. The number of nitrogens with one attached hydrogen (secondary N) is 2. The summed E-state index contributed by atoms with van der Waals surface area (Å²) >= 11 is 1.59. The van der Waals surface area contributed by atoms with Crippen molar-refractivity contribution in [2.75, 3.05) is 13.6 Å². The molecule has 0 saturated carbocycles. The number of hydrogen-bond acceptors (Lipinski definition) is 3. The van der Waals surface area contributed by atoms with E-state index in [2.05, 4.69) is 15.6 Å². The van der Waals surface area contributed by atoms with E-state index in [1.54, 1.807) is 31.4 Å². The maximum absolute atomic E-state index is 13.6. The summed E-state index contributed by atoms with van der Waals surface area (Å²) in [7, 11) is 1.66. The van der Waals surface area contributed by atoms with Crippen LogP contribution >= 0.6 is 35.3 Å². The highest BCUT2D eigenvalue weighted by molar-refractivity contribution is 14.0. The van der Waals surface area contributed by atoms with Crippen molar-refractivity contribution in [1.29, 1.82) is 0 Å². The summed E-state index contributed by atoms with van der Waals surface area (Å²) in [5, 5.41) is 17.8. The summed E-state index contributed by atoms with van der Waals surface area (Å²) in [6, 6.07) is 15.2. The second-order valence-corrected chi connectivity index (χ2v) is 7.21. The number of aliphatic hydroxyl groups excluding tert-OH is 1. The average Bonchev–Trinajstić information content (AvgIpc) is 3.08.